The topological polar surface area (TPSA) is 60.2 Å². The second-order valence-electron chi connectivity index (χ2n) is 4.31. The molecule has 0 amide bonds. The molecule has 2 rings (SSSR count). The van der Waals surface area contributed by atoms with Gasteiger partial charge in [-0.3, -0.25) is 4.98 Å². The molecule has 0 aliphatic carbocycles. The molecule has 18 heavy (non-hydrogen) atoms. The highest BCUT2D eigenvalue weighted by molar-refractivity contribution is 5.98. The zero-order valence-corrected chi connectivity index (χ0v) is 10.8. The SMILES string of the molecule is CCC(COC)Nc1ccc(N)c2cccnc12. The van der Waals surface area contributed by atoms with Crippen molar-refractivity contribution in [3.8, 4) is 0 Å². The van der Waals surface area contributed by atoms with Crippen molar-refractivity contribution in [3.05, 3.63) is 30.5 Å². The zero-order valence-electron chi connectivity index (χ0n) is 10.8. The van der Waals surface area contributed by atoms with E-state index in [0.29, 0.717) is 6.61 Å². The fourth-order valence-electron chi connectivity index (χ4n) is 1.99. The minimum atomic E-state index is 0.281. The number of nitrogens with zero attached hydrogens (tertiary/aromatic N) is 1. The number of pyridine rings is 1. The van der Waals surface area contributed by atoms with Gasteiger partial charge in [0.15, 0.2) is 0 Å². The first-order chi connectivity index (χ1) is 8.76. The van der Waals surface area contributed by atoms with Crippen LogP contribution in [0.3, 0.4) is 0 Å². The van der Waals surface area contributed by atoms with Crippen LogP contribution in [-0.2, 0) is 4.74 Å². The molecule has 3 N–H and O–H groups in total. The molecule has 0 saturated carbocycles. The fraction of sp³-hybridized carbons (Fsp3) is 0.357. The van der Waals surface area contributed by atoms with Gasteiger partial charge in [-0.15, -0.1) is 0 Å². The third-order valence-corrected chi connectivity index (χ3v) is 3.02. The van der Waals surface area contributed by atoms with Crippen LogP contribution in [0, 0.1) is 0 Å². The molecule has 0 fully saturated rings. The highest BCUT2D eigenvalue weighted by atomic mass is 16.5. The van der Waals surface area contributed by atoms with Crippen LogP contribution in [0.2, 0.25) is 0 Å². The number of ether oxygens (including phenoxy) is 1. The lowest BCUT2D eigenvalue weighted by molar-refractivity contribution is 0.184. The number of nitrogen functional groups attached to an aromatic ring is 1. The van der Waals surface area contributed by atoms with Crippen molar-refractivity contribution < 1.29 is 4.74 Å². The molecule has 1 unspecified atom stereocenters. The van der Waals surface area contributed by atoms with Crippen molar-refractivity contribution in [1.82, 2.24) is 4.98 Å². The van der Waals surface area contributed by atoms with Gasteiger partial charge >= 0.3 is 0 Å². The number of hydrogen-bond donors (Lipinski definition) is 2. The largest absolute Gasteiger partial charge is 0.398 e. The van der Waals surface area contributed by atoms with E-state index < -0.39 is 0 Å². The standard InChI is InChI=1S/C14H19N3O/c1-3-10(9-18-2)17-13-7-6-12(15)11-5-4-8-16-14(11)13/h4-8,10,17H,3,9,15H2,1-2H3. The Morgan fingerprint density at radius 2 is 2.22 bits per heavy atom. The summed E-state index contributed by atoms with van der Waals surface area (Å²) < 4.78 is 5.20. The molecule has 1 atom stereocenters. The summed E-state index contributed by atoms with van der Waals surface area (Å²) in [5, 5.41) is 4.44. The molecule has 4 heteroatoms. The number of hydrogen-bond acceptors (Lipinski definition) is 4. The van der Waals surface area contributed by atoms with E-state index >= 15 is 0 Å². The van der Waals surface area contributed by atoms with Gasteiger partial charge in [-0.2, -0.15) is 0 Å². The molecule has 0 bridgehead atoms. The first kappa shape index (κ1) is 12.6. The number of nitrogens with two attached hydrogens (primary N) is 1. The van der Waals surface area contributed by atoms with E-state index in [9.17, 15) is 0 Å². The fourth-order valence-corrected chi connectivity index (χ4v) is 1.99. The second-order valence-corrected chi connectivity index (χ2v) is 4.31. The van der Waals surface area contributed by atoms with E-state index in [1.54, 1.807) is 13.3 Å². The summed E-state index contributed by atoms with van der Waals surface area (Å²) in [4.78, 5) is 4.41. The number of aromatic nitrogens is 1. The average molecular weight is 245 g/mol. The number of fused-ring (bicyclic) bond motifs is 1. The number of nitrogens with one attached hydrogen (secondary N) is 1. The molecule has 1 aromatic carbocycles. The number of benzene rings is 1. The number of rotatable bonds is 5. The first-order valence-corrected chi connectivity index (χ1v) is 6.15. The van der Waals surface area contributed by atoms with Gasteiger partial charge in [-0.1, -0.05) is 6.92 Å². The van der Waals surface area contributed by atoms with Crippen LogP contribution >= 0.6 is 0 Å². The van der Waals surface area contributed by atoms with Crippen molar-refractivity contribution in [2.24, 2.45) is 0 Å². The van der Waals surface area contributed by atoms with Gasteiger partial charge in [0.2, 0.25) is 0 Å². The summed E-state index contributed by atoms with van der Waals surface area (Å²) in [5.41, 5.74) is 8.62. The highest BCUT2D eigenvalue weighted by Gasteiger charge is 2.09. The summed E-state index contributed by atoms with van der Waals surface area (Å²) >= 11 is 0. The Morgan fingerprint density at radius 1 is 1.39 bits per heavy atom. The molecular formula is C14H19N3O. The van der Waals surface area contributed by atoms with E-state index in [-0.39, 0.29) is 6.04 Å². The molecule has 0 aliphatic heterocycles. The smallest absolute Gasteiger partial charge is 0.0953 e. The normalized spacial score (nSPS) is 12.6. The molecule has 2 aromatic rings. The number of methoxy groups -OCH3 is 1. The Kier molecular flexibility index (Phi) is 3.99. The van der Waals surface area contributed by atoms with Crippen LogP contribution in [0.4, 0.5) is 11.4 Å². The Morgan fingerprint density at radius 3 is 2.94 bits per heavy atom. The van der Waals surface area contributed by atoms with Crippen LogP contribution in [0.25, 0.3) is 10.9 Å². The van der Waals surface area contributed by atoms with E-state index in [1.165, 1.54) is 0 Å². The van der Waals surface area contributed by atoms with Crippen LogP contribution < -0.4 is 11.1 Å². The summed E-state index contributed by atoms with van der Waals surface area (Å²) in [5.74, 6) is 0. The van der Waals surface area contributed by atoms with Crippen LogP contribution in [0.1, 0.15) is 13.3 Å². The Bertz CT molecular complexity index is 527. The lowest BCUT2D eigenvalue weighted by atomic mass is 10.1. The quantitative estimate of drug-likeness (QED) is 0.795. The second kappa shape index (κ2) is 5.69. The van der Waals surface area contributed by atoms with E-state index in [1.807, 2.05) is 24.3 Å². The average Bonchev–Trinajstić information content (AvgIpc) is 2.41. The van der Waals surface area contributed by atoms with E-state index in [2.05, 4.69) is 17.2 Å². The van der Waals surface area contributed by atoms with Crippen molar-refractivity contribution in [3.63, 3.8) is 0 Å². The van der Waals surface area contributed by atoms with Crippen LogP contribution in [0.5, 0.6) is 0 Å². The van der Waals surface area contributed by atoms with Crippen LogP contribution in [-0.4, -0.2) is 24.7 Å². The Labute approximate surface area is 107 Å². The van der Waals surface area contributed by atoms with Crippen molar-refractivity contribution >= 4 is 22.3 Å². The van der Waals surface area contributed by atoms with E-state index in [4.69, 9.17) is 10.5 Å². The molecule has 1 aromatic heterocycles. The van der Waals surface area contributed by atoms with Gasteiger partial charge in [0.25, 0.3) is 0 Å². The van der Waals surface area contributed by atoms with Crippen LogP contribution in [0.15, 0.2) is 30.5 Å². The Hall–Kier alpha value is -1.81. The molecule has 0 spiro atoms. The van der Waals surface area contributed by atoms with Gasteiger partial charge < -0.3 is 15.8 Å². The van der Waals surface area contributed by atoms with Gasteiger partial charge in [0.05, 0.1) is 17.8 Å². The van der Waals surface area contributed by atoms with Gasteiger partial charge in [-0.25, -0.2) is 0 Å². The molecule has 96 valence electrons. The third-order valence-electron chi connectivity index (χ3n) is 3.02. The number of anilines is 2. The van der Waals surface area contributed by atoms with Gasteiger partial charge in [0, 0.05) is 30.4 Å². The molecule has 1 heterocycles. The van der Waals surface area contributed by atoms with Crippen molar-refractivity contribution in [2.75, 3.05) is 24.8 Å². The summed E-state index contributed by atoms with van der Waals surface area (Å²) in [6.45, 7) is 2.80. The third kappa shape index (κ3) is 2.54. The minimum absolute atomic E-state index is 0.281. The summed E-state index contributed by atoms with van der Waals surface area (Å²) in [6, 6.07) is 8.05. The first-order valence-electron chi connectivity index (χ1n) is 6.15. The van der Waals surface area contributed by atoms with Gasteiger partial charge in [-0.05, 0) is 30.7 Å². The monoisotopic (exact) mass is 245 g/mol. The summed E-state index contributed by atoms with van der Waals surface area (Å²) in [6.07, 6.45) is 2.77. The maximum absolute atomic E-state index is 5.95. The lowest BCUT2D eigenvalue weighted by Crippen LogP contribution is -2.24. The maximum Gasteiger partial charge on any atom is 0.0953 e. The molecular weight excluding hydrogens is 226 g/mol. The predicted octanol–water partition coefficient (Wildman–Crippen LogP) is 2.65. The molecule has 0 radical (unpaired) electrons. The predicted molar refractivity (Wildman–Crippen MR) is 75.7 cm³/mol. The van der Waals surface area contributed by atoms with E-state index in [0.717, 1.165) is 28.7 Å². The zero-order chi connectivity index (χ0) is 13.0. The lowest BCUT2D eigenvalue weighted by Gasteiger charge is -2.18. The van der Waals surface area contributed by atoms with Crippen molar-refractivity contribution in [1.29, 1.82) is 0 Å². The molecule has 4 nitrogen and oxygen atoms in total. The highest BCUT2D eigenvalue weighted by Crippen LogP contribution is 2.26. The van der Waals surface area contributed by atoms with Gasteiger partial charge in [0.1, 0.15) is 0 Å². The molecule has 0 aliphatic rings. The Balaban J connectivity index is 2.36. The maximum atomic E-state index is 5.95. The minimum Gasteiger partial charge on any atom is -0.398 e. The summed E-state index contributed by atoms with van der Waals surface area (Å²) in [7, 11) is 1.71. The molecule has 0 saturated heterocycles. The van der Waals surface area contributed by atoms with Crippen molar-refractivity contribution in [2.45, 2.75) is 19.4 Å².